The number of likely N-dealkylation sites (N-methyl/N-ethyl adjacent to an activating group) is 2. The van der Waals surface area contributed by atoms with Gasteiger partial charge in [0.05, 0.1) is 0 Å². The maximum atomic E-state index is 11.1. The molecule has 0 heterocycles. The van der Waals surface area contributed by atoms with E-state index in [4.69, 9.17) is 0 Å². The molecule has 0 saturated heterocycles. The molecule has 2 amide bonds. The van der Waals surface area contributed by atoms with E-state index in [0.29, 0.717) is 0 Å². The van der Waals surface area contributed by atoms with Crippen molar-refractivity contribution in [1.82, 2.24) is 16.0 Å². The molecule has 7 heteroatoms. The van der Waals surface area contributed by atoms with Crippen LogP contribution < -0.4 is 16.0 Å². The van der Waals surface area contributed by atoms with Crippen LogP contribution in [0.15, 0.2) is 0 Å². The molecule has 5 nitrogen and oxygen atoms in total. The van der Waals surface area contributed by atoms with Crippen molar-refractivity contribution >= 4 is 37.1 Å². The highest BCUT2D eigenvalue weighted by atomic mass is 32.1. The molecule has 0 fully saturated rings. The molecule has 3 N–H and O–H groups in total. The van der Waals surface area contributed by atoms with Crippen LogP contribution in [0.25, 0.3) is 0 Å². The van der Waals surface area contributed by atoms with Gasteiger partial charge in [0.25, 0.3) is 5.91 Å². The highest BCUT2D eigenvalue weighted by Crippen LogP contribution is 1.94. The molecule has 0 aromatic heterocycles. The SMILES string of the molecule is CNC(=O)C(S)NC(=O)C(S)NC. The fourth-order valence-electron chi connectivity index (χ4n) is 0.547. The zero-order valence-electron chi connectivity index (χ0n) is 7.37. The smallest absolute Gasteiger partial charge is 0.252 e. The van der Waals surface area contributed by atoms with E-state index in [1.165, 1.54) is 7.05 Å². The number of carbonyl (C=O) groups is 2. The molecule has 0 saturated carbocycles. The van der Waals surface area contributed by atoms with Crippen molar-refractivity contribution < 1.29 is 9.59 Å². The molecule has 0 spiro atoms. The minimum atomic E-state index is -0.847. The fraction of sp³-hybridized carbons (Fsp3) is 0.667. The van der Waals surface area contributed by atoms with E-state index < -0.39 is 16.7 Å². The summed E-state index contributed by atoms with van der Waals surface area (Å²) < 4.78 is 0. The van der Waals surface area contributed by atoms with Crippen molar-refractivity contribution in [2.45, 2.75) is 10.7 Å². The van der Waals surface area contributed by atoms with E-state index in [-0.39, 0.29) is 5.91 Å². The second kappa shape index (κ2) is 6.11. The highest BCUT2D eigenvalue weighted by molar-refractivity contribution is 7.82. The van der Waals surface area contributed by atoms with Crippen molar-refractivity contribution in [2.24, 2.45) is 0 Å². The molecule has 0 aliphatic rings. The van der Waals surface area contributed by atoms with E-state index in [2.05, 4.69) is 41.2 Å². The van der Waals surface area contributed by atoms with Crippen LogP contribution in [0, 0.1) is 0 Å². The first-order chi connectivity index (χ1) is 6.02. The van der Waals surface area contributed by atoms with Crippen LogP contribution in [-0.4, -0.2) is 36.7 Å². The Hall–Kier alpha value is -0.400. The first-order valence-electron chi connectivity index (χ1n) is 3.58. The summed E-state index contributed by atoms with van der Waals surface area (Å²) in [6, 6.07) is 0. The summed E-state index contributed by atoms with van der Waals surface area (Å²) in [6.45, 7) is 0. The average molecular weight is 223 g/mol. The molecular formula is C6H13N3O2S2. The molecule has 0 aliphatic heterocycles. The Labute approximate surface area is 87.8 Å². The summed E-state index contributed by atoms with van der Waals surface area (Å²) in [5.41, 5.74) is 0. The first kappa shape index (κ1) is 12.6. The highest BCUT2D eigenvalue weighted by Gasteiger charge is 2.18. The molecule has 0 radical (unpaired) electrons. The molecule has 2 unspecified atom stereocenters. The molecule has 0 rings (SSSR count). The molecule has 0 aromatic carbocycles. The van der Waals surface area contributed by atoms with E-state index in [0.717, 1.165) is 0 Å². The minimum absolute atomic E-state index is 0.367. The van der Waals surface area contributed by atoms with Crippen molar-refractivity contribution in [3.63, 3.8) is 0 Å². The lowest BCUT2D eigenvalue weighted by atomic mass is 10.5. The van der Waals surface area contributed by atoms with E-state index in [1.807, 2.05) is 0 Å². The quantitative estimate of drug-likeness (QED) is 0.300. The Morgan fingerprint density at radius 3 is 2.00 bits per heavy atom. The Balaban J connectivity index is 3.98. The van der Waals surface area contributed by atoms with E-state index >= 15 is 0 Å². The third-order valence-electron chi connectivity index (χ3n) is 1.30. The summed E-state index contributed by atoms with van der Waals surface area (Å²) in [4.78, 5) is 22.0. The largest absolute Gasteiger partial charge is 0.357 e. The third-order valence-corrected chi connectivity index (χ3v) is 2.15. The fourth-order valence-corrected chi connectivity index (χ4v) is 0.878. The number of amides is 2. The van der Waals surface area contributed by atoms with Gasteiger partial charge in [0.2, 0.25) is 5.91 Å². The second-order valence-corrected chi connectivity index (χ2v) is 3.25. The Kier molecular flexibility index (Phi) is 5.93. The van der Waals surface area contributed by atoms with Crippen LogP contribution in [-0.2, 0) is 9.59 Å². The van der Waals surface area contributed by atoms with Crippen LogP contribution in [0.1, 0.15) is 0 Å². The monoisotopic (exact) mass is 223 g/mol. The molecule has 2 atom stereocenters. The van der Waals surface area contributed by atoms with Crippen LogP contribution in [0.4, 0.5) is 0 Å². The standard InChI is InChI=1S/C6H13N3O2S2/c1-7-3(10)6(13)9-4(11)5(12)8-2/h5-6,8,12-13H,1-2H3,(H,7,10)(H,9,11). The predicted octanol–water partition coefficient (Wildman–Crippen LogP) is -1.42. The predicted molar refractivity (Wildman–Crippen MR) is 56.8 cm³/mol. The molecule has 0 aliphatic carbocycles. The van der Waals surface area contributed by atoms with Gasteiger partial charge in [-0.2, -0.15) is 12.6 Å². The number of hydrogen-bond acceptors (Lipinski definition) is 5. The van der Waals surface area contributed by atoms with Gasteiger partial charge in [-0.1, -0.05) is 0 Å². The van der Waals surface area contributed by atoms with E-state index in [1.54, 1.807) is 7.05 Å². The normalized spacial score (nSPS) is 14.5. The van der Waals surface area contributed by atoms with Gasteiger partial charge in [0.15, 0.2) is 5.37 Å². The number of nitrogens with one attached hydrogen (secondary N) is 3. The zero-order valence-corrected chi connectivity index (χ0v) is 9.15. The van der Waals surface area contributed by atoms with Gasteiger partial charge in [0.1, 0.15) is 5.37 Å². The van der Waals surface area contributed by atoms with E-state index in [9.17, 15) is 9.59 Å². The minimum Gasteiger partial charge on any atom is -0.357 e. The molecule has 76 valence electrons. The molecular weight excluding hydrogens is 210 g/mol. The molecule has 13 heavy (non-hydrogen) atoms. The Morgan fingerprint density at radius 2 is 1.62 bits per heavy atom. The van der Waals surface area contributed by atoms with Gasteiger partial charge in [-0.25, -0.2) is 0 Å². The lowest BCUT2D eigenvalue weighted by molar-refractivity contribution is -0.126. The maximum Gasteiger partial charge on any atom is 0.252 e. The third kappa shape index (κ3) is 4.39. The summed E-state index contributed by atoms with van der Waals surface area (Å²) in [5, 5.41) is 5.83. The van der Waals surface area contributed by atoms with Crippen molar-refractivity contribution in [1.29, 1.82) is 0 Å². The molecule has 0 bridgehead atoms. The lowest BCUT2D eigenvalue weighted by Gasteiger charge is -2.14. The Morgan fingerprint density at radius 1 is 1.08 bits per heavy atom. The van der Waals surface area contributed by atoms with Crippen molar-refractivity contribution in [3.05, 3.63) is 0 Å². The first-order valence-corrected chi connectivity index (χ1v) is 4.61. The summed E-state index contributed by atoms with van der Waals surface area (Å²) >= 11 is 7.78. The van der Waals surface area contributed by atoms with Gasteiger partial charge < -0.3 is 16.0 Å². The summed E-state index contributed by atoms with van der Waals surface area (Å²) in [5.74, 6) is -0.761. The summed E-state index contributed by atoms with van der Waals surface area (Å²) in [7, 11) is 3.05. The summed E-state index contributed by atoms with van der Waals surface area (Å²) in [6.07, 6.45) is 0. The topological polar surface area (TPSA) is 70.2 Å². The maximum absolute atomic E-state index is 11.1. The number of thiol groups is 2. The van der Waals surface area contributed by atoms with Crippen molar-refractivity contribution in [2.75, 3.05) is 14.1 Å². The van der Waals surface area contributed by atoms with Crippen LogP contribution in [0.3, 0.4) is 0 Å². The Bertz CT molecular complexity index is 200. The van der Waals surface area contributed by atoms with Gasteiger partial charge >= 0.3 is 0 Å². The van der Waals surface area contributed by atoms with Gasteiger partial charge in [-0.3, -0.25) is 9.59 Å². The van der Waals surface area contributed by atoms with Crippen molar-refractivity contribution in [3.8, 4) is 0 Å². The molecule has 0 aromatic rings. The van der Waals surface area contributed by atoms with Gasteiger partial charge in [0, 0.05) is 7.05 Å². The number of hydrogen-bond donors (Lipinski definition) is 5. The second-order valence-electron chi connectivity index (χ2n) is 2.22. The van der Waals surface area contributed by atoms with Crippen LogP contribution in [0.5, 0.6) is 0 Å². The van der Waals surface area contributed by atoms with Crippen LogP contribution in [0.2, 0.25) is 0 Å². The van der Waals surface area contributed by atoms with Gasteiger partial charge in [-0.15, -0.1) is 12.6 Å². The zero-order chi connectivity index (χ0) is 10.4. The number of carbonyl (C=O) groups excluding carboxylic acids is 2. The lowest BCUT2D eigenvalue weighted by Crippen LogP contribution is -2.47. The number of rotatable bonds is 4. The average Bonchev–Trinajstić information content (AvgIpc) is 2.14. The van der Waals surface area contributed by atoms with Gasteiger partial charge in [-0.05, 0) is 7.05 Å². The van der Waals surface area contributed by atoms with Crippen LogP contribution >= 0.6 is 25.3 Å².